The van der Waals surface area contributed by atoms with Crippen molar-refractivity contribution in [2.45, 2.75) is 51.7 Å². The van der Waals surface area contributed by atoms with Crippen LogP contribution in [0.15, 0.2) is 24.3 Å². The number of anilines is 1. The van der Waals surface area contributed by atoms with E-state index in [1.54, 1.807) is 32.7 Å². The monoisotopic (exact) mass is 329 g/mol. The summed E-state index contributed by atoms with van der Waals surface area (Å²) in [6.07, 6.45) is 0.780. The number of nitrogens with zero attached hydrogens (tertiary/aromatic N) is 3. The van der Waals surface area contributed by atoms with Gasteiger partial charge in [-0.2, -0.15) is 0 Å². The number of benzene rings is 1. The highest BCUT2D eigenvalue weighted by Gasteiger charge is 2.53. The number of amides is 4. The van der Waals surface area contributed by atoms with Gasteiger partial charge in [-0.1, -0.05) is 18.2 Å². The molecular formula is C18H23N3O3. The van der Waals surface area contributed by atoms with Gasteiger partial charge in [-0.3, -0.25) is 9.59 Å². The maximum absolute atomic E-state index is 13.1. The van der Waals surface area contributed by atoms with Crippen LogP contribution in [0.1, 0.15) is 33.3 Å². The third kappa shape index (κ3) is 2.12. The van der Waals surface area contributed by atoms with Crippen molar-refractivity contribution in [2.75, 3.05) is 11.9 Å². The van der Waals surface area contributed by atoms with Crippen molar-refractivity contribution in [2.24, 2.45) is 0 Å². The number of fused-ring (bicyclic) bond motifs is 1. The van der Waals surface area contributed by atoms with E-state index in [0.29, 0.717) is 0 Å². The van der Waals surface area contributed by atoms with E-state index in [9.17, 15) is 14.4 Å². The summed E-state index contributed by atoms with van der Waals surface area (Å²) in [5, 5.41) is 0. The first-order valence-corrected chi connectivity index (χ1v) is 8.20. The van der Waals surface area contributed by atoms with Crippen molar-refractivity contribution in [3.05, 3.63) is 29.8 Å². The van der Waals surface area contributed by atoms with E-state index in [-0.39, 0.29) is 17.9 Å². The highest BCUT2D eigenvalue weighted by atomic mass is 16.2. The van der Waals surface area contributed by atoms with Crippen LogP contribution in [0.25, 0.3) is 0 Å². The van der Waals surface area contributed by atoms with Gasteiger partial charge in [0.15, 0.2) is 0 Å². The van der Waals surface area contributed by atoms with E-state index >= 15 is 0 Å². The fourth-order valence-electron chi connectivity index (χ4n) is 3.48. The largest absolute Gasteiger partial charge is 0.328 e. The van der Waals surface area contributed by atoms with Gasteiger partial charge in [-0.05, 0) is 45.7 Å². The number of urea groups is 1. The molecule has 128 valence electrons. The van der Waals surface area contributed by atoms with Gasteiger partial charge in [0.1, 0.15) is 11.6 Å². The molecular weight excluding hydrogens is 306 g/mol. The third-order valence-electron chi connectivity index (χ3n) is 5.26. The van der Waals surface area contributed by atoms with Crippen molar-refractivity contribution in [3.8, 4) is 0 Å². The molecule has 2 atom stereocenters. The normalized spacial score (nSPS) is 23.7. The number of rotatable bonds is 2. The minimum atomic E-state index is -0.930. The van der Waals surface area contributed by atoms with Crippen LogP contribution in [-0.2, 0) is 16.0 Å². The molecule has 0 saturated carbocycles. The smallest absolute Gasteiger partial charge is 0.313 e. The lowest BCUT2D eigenvalue weighted by molar-refractivity contribution is -0.137. The summed E-state index contributed by atoms with van der Waals surface area (Å²) >= 11 is 0. The van der Waals surface area contributed by atoms with Crippen molar-refractivity contribution >= 4 is 23.5 Å². The van der Waals surface area contributed by atoms with Crippen molar-refractivity contribution < 1.29 is 14.4 Å². The standard InChI is InChI=1S/C18H23N3O3/c1-11-10-13-8-6-7-9-14(13)20(11)15(22)12(2)21-16(23)18(3,4)19(5)17(21)24/h6-9,11-12H,10H2,1-5H3/t11-,12+/m1/s1. The van der Waals surface area contributed by atoms with Crippen LogP contribution in [0.3, 0.4) is 0 Å². The van der Waals surface area contributed by atoms with Crippen LogP contribution in [0.2, 0.25) is 0 Å². The van der Waals surface area contributed by atoms with Crippen molar-refractivity contribution in [1.82, 2.24) is 9.80 Å². The first kappa shape index (κ1) is 16.5. The number of para-hydroxylation sites is 1. The third-order valence-corrected chi connectivity index (χ3v) is 5.26. The molecule has 0 bridgehead atoms. The van der Waals surface area contributed by atoms with E-state index in [1.807, 2.05) is 31.2 Å². The molecule has 0 unspecified atom stereocenters. The summed E-state index contributed by atoms with van der Waals surface area (Å²) in [4.78, 5) is 42.4. The van der Waals surface area contributed by atoms with E-state index in [0.717, 1.165) is 22.6 Å². The van der Waals surface area contributed by atoms with Gasteiger partial charge in [0.05, 0.1) is 0 Å². The number of hydrogen-bond acceptors (Lipinski definition) is 3. The van der Waals surface area contributed by atoms with Crippen LogP contribution in [0.4, 0.5) is 10.5 Å². The molecule has 1 aromatic carbocycles. The Kier molecular flexibility index (Phi) is 3.66. The zero-order valence-electron chi connectivity index (χ0n) is 14.7. The summed E-state index contributed by atoms with van der Waals surface area (Å²) in [7, 11) is 1.59. The minimum absolute atomic E-state index is 0.0101. The van der Waals surface area contributed by atoms with Gasteiger partial charge < -0.3 is 9.80 Å². The van der Waals surface area contributed by atoms with Gasteiger partial charge in [0.2, 0.25) is 5.91 Å². The first-order chi connectivity index (χ1) is 11.2. The Hall–Kier alpha value is -2.37. The lowest BCUT2D eigenvalue weighted by Gasteiger charge is -2.29. The lowest BCUT2D eigenvalue weighted by Crippen LogP contribution is -2.52. The van der Waals surface area contributed by atoms with Crippen molar-refractivity contribution in [1.29, 1.82) is 0 Å². The average Bonchev–Trinajstić information content (AvgIpc) is 2.94. The van der Waals surface area contributed by atoms with Gasteiger partial charge in [0.25, 0.3) is 5.91 Å². The Bertz CT molecular complexity index is 728. The number of carbonyl (C=O) groups excluding carboxylic acids is 3. The zero-order chi connectivity index (χ0) is 17.8. The zero-order valence-corrected chi connectivity index (χ0v) is 14.7. The fourth-order valence-corrected chi connectivity index (χ4v) is 3.48. The molecule has 1 fully saturated rings. The van der Waals surface area contributed by atoms with Crippen molar-refractivity contribution in [3.63, 3.8) is 0 Å². The van der Waals surface area contributed by atoms with Crippen LogP contribution >= 0.6 is 0 Å². The Labute approximate surface area is 142 Å². The number of hydrogen-bond donors (Lipinski definition) is 0. The molecule has 0 aromatic heterocycles. The molecule has 6 heteroatoms. The van der Waals surface area contributed by atoms with Gasteiger partial charge in [-0.15, -0.1) is 0 Å². The molecule has 1 saturated heterocycles. The second-order valence-electron chi connectivity index (χ2n) is 7.14. The SMILES string of the molecule is C[C@@H]1Cc2ccccc2N1C(=O)[C@H](C)N1C(=O)N(C)C(C)(C)C1=O. The Balaban J connectivity index is 1.91. The van der Waals surface area contributed by atoms with Crippen LogP contribution < -0.4 is 4.90 Å². The summed E-state index contributed by atoms with van der Waals surface area (Å²) < 4.78 is 0. The molecule has 2 aliphatic rings. The van der Waals surface area contributed by atoms with E-state index < -0.39 is 17.6 Å². The summed E-state index contributed by atoms with van der Waals surface area (Å²) in [5.74, 6) is -0.559. The topological polar surface area (TPSA) is 60.9 Å². The maximum Gasteiger partial charge on any atom is 0.328 e. The highest BCUT2D eigenvalue weighted by Crippen LogP contribution is 2.34. The molecule has 0 aliphatic carbocycles. The predicted molar refractivity (Wildman–Crippen MR) is 90.6 cm³/mol. The summed E-state index contributed by atoms with van der Waals surface area (Å²) in [5.41, 5.74) is 1.05. The maximum atomic E-state index is 13.1. The first-order valence-electron chi connectivity index (χ1n) is 8.20. The quantitative estimate of drug-likeness (QED) is 0.780. The summed E-state index contributed by atoms with van der Waals surface area (Å²) in [6, 6.07) is 6.52. The van der Waals surface area contributed by atoms with E-state index in [4.69, 9.17) is 0 Å². The number of likely N-dealkylation sites (N-methyl/N-ethyl adjacent to an activating group) is 1. The molecule has 6 nitrogen and oxygen atoms in total. The van der Waals surface area contributed by atoms with E-state index in [2.05, 4.69) is 0 Å². The number of imide groups is 1. The Morgan fingerprint density at radius 2 is 1.88 bits per heavy atom. The van der Waals surface area contributed by atoms with Crippen LogP contribution in [0, 0.1) is 0 Å². The highest BCUT2D eigenvalue weighted by molar-refractivity contribution is 6.11. The van der Waals surface area contributed by atoms with Gasteiger partial charge >= 0.3 is 6.03 Å². The molecule has 2 heterocycles. The second-order valence-corrected chi connectivity index (χ2v) is 7.14. The van der Waals surface area contributed by atoms with E-state index in [1.165, 1.54) is 4.90 Å². The Morgan fingerprint density at radius 1 is 1.25 bits per heavy atom. The molecule has 4 amide bonds. The number of carbonyl (C=O) groups is 3. The van der Waals surface area contributed by atoms with Gasteiger partial charge in [-0.25, -0.2) is 9.69 Å². The van der Waals surface area contributed by atoms with Gasteiger partial charge in [0, 0.05) is 18.8 Å². The van der Waals surface area contributed by atoms with Crippen LogP contribution in [-0.4, -0.2) is 52.3 Å². The fraction of sp³-hybridized carbons (Fsp3) is 0.500. The van der Waals surface area contributed by atoms with Crippen LogP contribution in [0.5, 0.6) is 0 Å². The second kappa shape index (κ2) is 5.33. The minimum Gasteiger partial charge on any atom is -0.313 e. The molecule has 0 radical (unpaired) electrons. The molecule has 0 spiro atoms. The lowest BCUT2D eigenvalue weighted by atomic mass is 10.0. The molecule has 24 heavy (non-hydrogen) atoms. The predicted octanol–water partition coefficient (Wildman–Crippen LogP) is 2.03. The Morgan fingerprint density at radius 3 is 2.46 bits per heavy atom. The molecule has 1 aromatic rings. The molecule has 2 aliphatic heterocycles. The average molecular weight is 329 g/mol. The molecule has 0 N–H and O–H groups in total. The molecule has 3 rings (SSSR count). The summed E-state index contributed by atoms with van der Waals surface area (Å²) in [6.45, 7) is 6.99.